The van der Waals surface area contributed by atoms with Crippen LogP contribution in [0.25, 0.3) is 5.69 Å². The summed E-state index contributed by atoms with van der Waals surface area (Å²) in [6.45, 7) is 5.51. The van der Waals surface area contributed by atoms with E-state index in [0.29, 0.717) is 28.7 Å². The van der Waals surface area contributed by atoms with Crippen molar-refractivity contribution in [2.45, 2.75) is 32.7 Å². The first-order chi connectivity index (χ1) is 14.5. The minimum Gasteiger partial charge on any atom is -0.368 e. The minimum atomic E-state index is 0.0165. The fraction of sp³-hybridized carbons (Fsp3) is 0.364. The van der Waals surface area contributed by atoms with Crippen molar-refractivity contribution in [1.82, 2.24) is 24.9 Å². The Morgan fingerprint density at radius 3 is 2.77 bits per heavy atom. The molecular formula is C22H25ClN6O. The monoisotopic (exact) mass is 424 g/mol. The summed E-state index contributed by atoms with van der Waals surface area (Å²) in [6.07, 6.45) is 6.93. The highest BCUT2D eigenvalue weighted by atomic mass is 35.5. The molecule has 0 spiro atoms. The maximum Gasteiger partial charge on any atom is 0.256 e. The van der Waals surface area contributed by atoms with Gasteiger partial charge in [-0.05, 0) is 49.4 Å². The van der Waals surface area contributed by atoms with Gasteiger partial charge in [0.15, 0.2) is 0 Å². The highest BCUT2D eigenvalue weighted by Crippen LogP contribution is 2.28. The van der Waals surface area contributed by atoms with E-state index in [1.54, 1.807) is 24.7 Å². The minimum absolute atomic E-state index is 0.0165. The molecule has 2 aromatic heterocycles. The quantitative estimate of drug-likeness (QED) is 0.670. The zero-order chi connectivity index (χ0) is 21.1. The lowest BCUT2D eigenvalue weighted by molar-refractivity contribution is 0.0539. The van der Waals surface area contributed by atoms with Crippen molar-refractivity contribution in [3.63, 3.8) is 0 Å². The van der Waals surface area contributed by atoms with Gasteiger partial charge in [0.1, 0.15) is 5.82 Å². The molecule has 1 aliphatic heterocycles. The highest BCUT2D eigenvalue weighted by Gasteiger charge is 2.34. The van der Waals surface area contributed by atoms with Crippen molar-refractivity contribution in [2.24, 2.45) is 5.92 Å². The van der Waals surface area contributed by atoms with Gasteiger partial charge in [0.05, 0.1) is 34.7 Å². The number of hydrogen-bond acceptors (Lipinski definition) is 5. The van der Waals surface area contributed by atoms with E-state index in [1.165, 1.54) is 4.80 Å². The van der Waals surface area contributed by atoms with Crippen LogP contribution in [0.5, 0.6) is 0 Å². The predicted molar refractivity (Wildman–Crippen MR) is 117 cm³/mol. The van der Waals surface area contributed by atoms with Gasteiger partial charge in [-0.1, -0.05) is 30.7 Å². The number of hydrogen-bond donors (Lipinski definition) is 1. The maximum absolute atomic E-state index is 13.7. The first kappa shape index (κ1) is 20.3. The summed E-state index contributed by atoms with van der Waals surface area (Å²) in [5, 5.41) is 12.4. The smallest absolute Gasteiger partial charge is 0.256 e. The number of anilines is 1. The number of nitrogens with zero attached hydrogens (tertiary/aromatic N) is 5. The molecule has 1 aromatic carbocycles. The lowest BCUT2D eigenvalue weighted by Crippen LogP contribution is -2.51. The van der Waals surface area contributed by atoms with Crippen molar-refractivity contribution < 1.29 is 4.79 Å². The van der Waals surface area contributed by atoms with Crippen LogP contribution in [-0.4, -0.2) is 49.9 Å². The number of aromatic nitrogens is 4. The molecule has 7 nitrogen and oxygen atoms in total. The van der Waals surface area contributed by atoms with Crippen LogP contribution in [0.2, 0.25) is 5.02 Å². The summed E-state index contributed by atoms with van der Waals surface area (Å²) >= 11 is 5.93. The number of carbonyl (C=O) groups excluding carboxylic acids is 1. The van der Waals surface area contributed by atoms with E-state index in [9.17, 15) is 4.79 Å². The molecule has 2 atom stereocenters. The number of nitrogens with one attached hydrogen (secondary N) is 1. The third kappa shape index (κ3) is 4.16. The Balaban J connectivity index is 1.61. The van der Waals surface area contributed by atoms with Crippen molar-refractivity contribution >= 4 is 23.3 Å². The van der Waals surface area contributed by atoms with E-state index in [0.717, 1.165) is 30.8 Å². The second-order valence-electron chi connectivity index (χ2n) is 7.72. The van der Waals surface area contributed by atoms with Crippen molar-refractivity contribution in [3.8, 4) is 5.69 Å². The lowest BCUT2D eigenvalue weighted by Gasteiger charge is -2.40. The fourth-order valence-electron chi connectivity index (χ4n) is 4.08. The number of benzene rings is 1. The van der Waals surface area contributed by atoms with Gasteiger partial charge in [0.25, 0.3) is 5.91 Å². The maximum atomic E-state index is 13.7. The fourth-order valence-corrected chi connectivity index (χ4v) is 4.19. The molecule has 0 unspecified atom stereocenters. The van der Waals surface area contributed by atoms with Gasteiger partial charge in [-0.25, -0.2) is 4.98 Å². The number of pyridine rings is 1. The first-order valence-electron chi connectivity index (χ1n) is 10.2. The summed E-state index contributed by atoms with van der Waals surface area (Å²) < 4.78 is 0. The predicted octanol–water partition coefficient (Wildman–Crippen LogP) is 3.98. The Kier molecular flexibility index (Phi) is 5.99. The van der Waals surface area contributed by atoms with Crippen molar-refractivity contribution in [2.75, 3.05) is 18.4 Å². The Bertz CT molecular complexity index is 1000. The summed E-state index contributed by atoms with van der Waals surface area (Å²) in [7, 11) is 0. The average molecular weight is 425 g/mol. The summed E-state index contributed by atoms with van der Waals surface area (Å²) in [4.78, 5) is 21.6. The second kappa shape index (κ2) is 8.83. The van der Waals surface area contributed by atoms with Crippen LogP contribution >= 0.6 is 11.6 Å². The molecule has 0 bridgehead atoms. The number of carbonyl (C=O) groups is 1. The van der Waals surface area contributed by atoms with Gasteiger partial charge < -0.3 is 10.2 Å². The molecule has 4 rings (SSSR count). The first-order valence-corrected chi connectivity index (χ1v) is 10.5. The van der Waals surface area contributed by atoms with E-state index in [4.69, 9.17) is 11.6 Å². The van der Waals surface area contributed by atoms with E-state index >= 15 is 0 Å². The highest BCUT2D eigenvalue weighted by molar-refractivity contribution is 6.30. The third-order valence-corrected chi connectivity index (χ3v) is 5.92. The molecule has 3 heterocycles. The third-order valence-electron chi connectivity index (χ3n) is 5.70. The summed E-state index contributed by atoms with van der Waals surface area (Å²) in [6, 6.07) is 9.49. The largest absolute Gasteiger partial charge is 0.368 e. The Labute approximate surface area is 181 Å². The van der Waals surface area contributed by atoms with Crippen LogP contribution in [0.3, 0.4) is 0 Å². The zero-order valence-electron chi connectivity index (χ0n) is 17.1. The standard InChI is InChI=1S/C22H25ClN6O/c1-15-6-4-12-28(19(15)14-25-20-9-8-17(23)13-24-20)22(30)21-16(2)5-3-7-18(21)29-26-10-11-27-29/h3,5,7-11,13,15,19H,4,6,12,14H2,1-2H3,(H,24,25)/t15-,19-/m1/s1. The van der Waals surface area contributed by atoms with Gasteiger partial charge >= 0.3 is 0 Å². The molecule has 0 aliphatic carbocycles. The van der Waals surface area contributed by atoms with Crippen LogP contribution in [0.4, 0.5) is 5.82 Å². The van der Waals surface area contributed by atoms with Gasteiger partial charge in [-0.15, -0.1) is 0 Å². The average Bonchev–Trinajstić information content (AvgIpc) is 3.28. The molecule has 3 aromatic rings. The molecule has 1 fully saturated rings. The number of halogens is 1. The molecule has 30 heavy (non-hydrogen) atoms. The lowest BCUT2D eigenvalue weighted by atomic mass is 9.89. The SMILES string of the molecule is Cc1cccc(-n2nccn2)c1C(=O)N1CCC[C@@H](C)[C@H]1CNc1ccc(Cl)cn1. The Morgan fingerprint density at radius 2 is 2.03 bits per heavy atom. The number of likely N-dealkylation sites (tertiary alicyclic amines) is 1. The summed E-state index contributed by atoms with van der Waals surface area (Å²) in [5.41, 5.74) is 2.27. The van der Waals surface area contributed by atoms with Crippen LogP contribution < -0.4 is 5.32 Å². The van der Waals surface area contributed by atoms with E-state index in [-0.39, 0.29) is 11.9 Å². The molecule has 0 radical (unpaired) electrons. The molecule has 1 aliphatic rings. The van der Waals surface area contributed by atoms with Crippen LogP contribution in [0.15, 0.2) is 48.9 Å². The number of piperidine rings is 1. The van der Waals surface area contributed by atoms with Crippen LogP contribution in [0, 0.1) is 12.8 Å². The van der Waals surface area contributed by atoms with E-state index in [1.807, 2.05) is 36.1 Å². The van der Waals surface area contributed by atoms with Gasteiger partial charge in [0.2, 0.25) is 0 Å². The molecule has 1 amide bonds. The van der Waals surface area contributed by atoms with E-state index < -0.39 is 0 Å². The topological polar surface area (TPSA) is 75.9 Å². The normalized spacial score (nSPS) is 19.0. The zero-order valence-corrected chi connectivity index (χ0v) is 17.9. The molecule has 0 saturated carbocycles. The number of rotatable bonds is 5. The summed E-state index contributed by atoms with van der Waals surface area (Å²) in [5.74, 6) is 1.14. The molecular weight excluding hydrogens is 400 g/mol. The number of amides is 1. The molecule has 156 valence electrons. The van der Waals surface area contributed by atoms with Gasteiger partial charge in [-0.2, -0.15) is 15.0 Å². The number of aryl methyl sites for hydroxylation is 1. The van der Waals surface area contributed by atoms with Crippen molar-refractivity contribution in [3.05, 3.63) is 65.1 Å². The van der Waals surface area contributed by atoms with Crippen LogP contribution in [-0.2, 0) is 0 Å². The van der Waals surface area contributed by atoms with E-state index in [2.05, 4.69) is 27.4 Å². The van der Waals surface area contributed by atoms with Crippen molar-refractivity contribution in [1.29, 1.82) is 0 Å². The Hall–Kier alpha value is -2.93. The molecule has 1 N–H and O–H groups in total. The molecule has 8 heteroatoms. The molecule has 1 saturated heterocycles. The Morgan fingerprint density at radius 1 is 1.23 bits per heavy atom. The van der Waals surface area contributed by atoms with Gasteiger partial charge in [0, 0.05) is 19.3 Å². The second-order valence-corrected chi connectivity index (χ2v) is 8.15. The van der Waals surface area contributed by atoms with Crippen LogP contribution in [0.1, 0.15) is 35.7 Å². The van der Waals surface area contributed by atoms with Gasteiger partial charge in [-0.3, -0.25) is 4.79 Å².